The molecule has 0 radical (unpaired) electrons. The summed E-state index contributed by atoms with van der Waals surface area (Å²) >= 11 is 0. The fraction of sp³-hybridized carbons (Fsp3) is 0.364. The lowest BCUT2D eigenvalue weighted by atomic mass is 10.1. The number of para-hydroxylation sites is 3. The Kier molecular flexibility index (Phi) is 5.87. The van der Waals surface area contributed by atoms with Crippen LogP contribution in [0.15, 0.2) is 53.3 Å². The zero-order chi connectivity index (χ0) is 20.3. The molecule has 0 saturated heterocycles. The Bertz CT molecular complexity index is 1030. The Balaban J connectivity index is 1.78. The average molecular weight is 381 g/mol. The predicted molar refractivity (Wildman–Crippen MR) is 111 cm³/mol. The van der Waals surface area contributed by atoms with E-state index in [9.17, 15) is 9.59 Å². The van der Waals surface area contributed by atoms with Gasteiger partial charge in [-0.3, -0.25) is 13.9 Å². The molecular formula is C22H27N3O3. The minimum absolute atomic E-state index is 0.0152. The van der Waals surface area contributed by atoms with Crippen molar-refractivity contribution in [1.82, 2.24) is 14.0 Å². The van der Waals surface area contributed by atoms with E-state index in [4.69, 9.17) is 4.74 Å². The molecule has 0 bridgehead atoms. The summed E-state index contributed by atoms with van der Waals surface area (Å²) in [5.74, 6) is 0.746. The van der Waals surface area contributed by atoms with Crippen LogP contribution in [0, 0.1) is 0 Å². The lowest BCUT2D eigenvalue weighted by Crippen LogP contribution is -2.32. The molecular weight excluding hydrogens is 354 g/mol. The highest BCUT2D eigenvalue weighted by atomic mass is 16.5. The first-order chi connectivity index (χ1) is 13.5. The number of nitrogens with zero attached hydrogens (tertiary/aromatic N) is 3. The Hall–Kier alpha value is -3.02. The highest BCUT2D eigenvalue weighted by molar-refractivity contribution is 5.78. The van der Waals surface area contributed by atoms with Gasteiger partial charge in [0.25, 0.3) is 0 Å². The van der Waals surface area contributed by atoms with Crippen molar-refractivity contribution in [2.75, 3.05) is 14.2 Å². The molecule has 3 aromatic rings. The molecule has 0 fully saturated rings. The van der Waals surface area contributed by atoms with Gasteiger partial charge >= 0.3 is 5.69 Å². The summed E-state index contributed by atoms with van der Waals surface area (Å²) in [4.78, 5) is 27.3. The van der Waals surface area contributed by atoms with Crippen LogP contribution in [0.25, 0.3) is 11.0 Å². The predicted octanol–water partition coefficient (Wildman–Crippen LogP) is 3.44. The van der Waals surface area contributed by atoms with Gasteiger partial charge in [-0.25, -0.2) is 4.79 Å². The quantitative estimate of drug-likeness (QED) is 0.630. The molecule has 6 nitrogen and oxygen atoms in total. The van der Waals surface area contributed by atoms with Gasteiger partial charge in [-0.2, -0.15) is 0 Å². The number of hydrogen-bond donors (Lipinski definition) is 0. The molecule has 0 saturated carbocycles. The molecule has 28 heavy (non-hydrogen) atoms. The first-order valence-corrected chi connectivity index (χ1v) is 9.56. The molecule has 0 aliphatic carbocycles. The van der Waals surface area contributed by atoms with Gasteiger partial charge in [-0.1, -0.05) is 30.3 Å². The van der Waals surface area contributed by atoms with Crippen molar-refractivity contribution >= 4 is 16.9 Å². The van der Waals surface area contributed by atoms with Crippen LogP contribution in [0.3, 0.4) is 0 Å². The maximum absolute atomic E-state index is 12.8. The molecule has 1 heterocycles. The van der Waals surface area contributed by atoms with Crippen molar-refractivity contribution in [3.8, 4) is 5.75 Å². The van der Waals surface area contributed by atoms with E-state index < -0.39 is 0 Å². The monoisotopic (exact) mass is 381 g/mol. The minimum Gasteiger partial charge on any atom is -0.496 e. The standard InChI is InChI=1S/C22H27N3O3/c1-5-24-18-11-7-8-12-19(18)25(22(24)27)15-14-21(26)23(3)16(2)17-10-6-9-13-20(17)28-4/h6-13,16H,5,14-15H2,1-4H3. The van der Waals surface area contributed by atoms with Crippen molar-refractivity contribution in [3.05, 3.63) is 64.6 Å². The first kappa shape index (κ1) is 19.7. The summed E-state index contributed by atoms with van der Waals surface area (Å²) in [5, 5.41) is 0. The maximum Gasteiger partial charge on any atom is 0.329 e. The van der Waals surface area contributed by atoms with Crippen molar-refractivity contribution in [2.24, 2.45) is 0 Å². The van der Waals surface area contributed by atoms with Crippen LogP contribution in [0.4, 0.5) is 0 Å². The van der Waals surface area contributed by atoms with Crippen molar-refractivity contribution in [3.63, 3.8) is 0 Å². The number of benzene rings is 2. The SMILES string of the molecule is CCn1c(=O)n(CCC(=O)N(C)C(C)c2ccccc2OC)c2ccccc21. The number of carbonyl (C=O) groups is 1. The minimum atomic E-state index is -0.127. The van der Waals surface area contributed by atoms with Gasteiger partial charge in [0.15, 0.2) is 0 Å². The molecule has 0 aliphatic rings. The molecule has 0 spiro atoms. The fourth-order valence-electron chi connectivity index (χ4n) is 3.61. The molecule has 0 aliphatic heterocycles. The fourth-order valence-corrected chi connectivity index (χ4v) is 3.61. The van der Waals surface area contributed by atoms with Gasteiger partial charge in [0.1, 0.15) is 5.75 Å². The molecule has 6 heteroatoms. The van der Waals surface area contributed by atoms with Gasteiger partial charge in [-0.05, 0) is 32.0 Å². The van der Waals surface area contributed by atoms with Crippen LogP contribution >= 0.6 is 0 Å². The molecule has 2 aromatic carbocycles. The second kappa shape index (κ2) is 8.33. The zero-order valence-corrected chi connectivity index (χ0v) is 16.9. The summed E-state index contributed by atoms with van der Waals surface area (Å²) < 4.78 is 8.85. The van der Waals surface area contributed by atoms with E-state index in [1.54, 1.807) is 28.2 Å². The second-order valence-corrected chi connectivity index (χ2v) is 6.84. The Morgan fingerprint density at radius 2 is 1.68 bits per heavy atom. The second-order valence-electron chi connectivity index (χ2n) is 6.84. The maximum atomic E-state index is 12.8. The number of aromatic nitrogens is 2. The third kappa shape index (κ3) is 3.54. The number of carbonyl (C=O) groups excluding carboxylic acids is 1. The van der Waals surface area contributed by atoms with E-state index in [0.29, 0.717) is 13.1 Å². The van der Waals surface area contributed by atoms with Crippen molar-refractivity contribution < 1.29 is 9.53 Å². The smallest absolute Gasteiger partial charge is 0.329 e. The lowest BCUT2D eigenvalue weighted by molar-refractivity contribution is -0.132. The topological polar surface area (TPSA) is 56.5 Å². The summed E-state index contributed by atoms with van der Waals surface area (Å²) in [5.41, 5.74) is 2.65. The number of fused-ring (bicyclic) bond motifs is 1. The summed E-state index contributed by atoms with van der Waals surface area (Å²) in [6.45, 7) is 4.89. The van der Waals surface area contributed by atoms with Crippen LogP contribution < -0.4 is 10.4 Å². The molecule has 1 amide bonds. The van der Waals surface area contributed by atoms with E-state index >= 15 is 0 Å². The summed E-state index contributed by atoms with van der Waals surface area (Å²) in [6.07, 6.45) is 0.258. The van der Waals surface area contributed by atoms with Crippen molar-refractivity contribution in [2.45, 2.75) is 39.4 Å². The molecule has 3 rings (SSSR count). The number of methoxy groups -OCH3 is 1. The van der Waals surface area contributed by atoms with Crippen LogP contribution in [-0.4, -0.2) is 34.1 Å². The molecule has 0 N–H and O–H groups in total. The Labute approximate surface area is 164 Å². The largest absolute Gasteiger partial charge is 0.496 e. The number of aryl methyl sites for hydroxylation is 2. The van der Waals surface area contributed by atoms with E-state index in [-0.39, 0.29) is 24.1 Å². The van der Waals surface area contributed by atoms with Crippen LogP contribution in [0.5, 0.6) is 5.75 Å². The van der Waals surface area contributed by atoms with Crippen LogP contribution in [0.1, 0.15) is 31.9 Å². The third-order valence-electron chi connectivity index (χ3n) is 5.35. The van der Waals surface area contributed by atoms with Gasteiger partial charge in [0.05, 0.1) is 24.2 Å². The number of imidazole rings is 1. The zero-order valence-electron chi connectivity index (χ0n) is 16.9. The van der Waals surface area contributed by atoms with E-state index in [1.807, 2.05) is 62.4 Å². The number of hydrogen-bond acceptors (Lipinski definition) is 3. The Morgan fingerprint density at radius 3 is 2.32 bits per heavy atom. The number of rotatable bonds is 7. The summed E-state index contributed by atoms with van der Waals surface area (Å²) in [7, 11) is 3.42. The van der Waals surface area contributed by atoms with E-state index in [0.717, 1.165) is 22.3 Å². The molecule has 148 valence electrons. The molecule has 1 unspecified atom stereocenters. The average Bonchev–Trinajstić information content (AvgIpc) is 3.01. The normalized spacial score (nSPS) is 12.1. The number of ether oxygens (including phenoxy) is 1. The first-order valence-electron chi connectivity index (χ1n) is 9.56. The van der Waals surface area contributed by atoms with Crippen LogP contribution in [0.2, 0.25) is 0 Å². The van der Waals surface area contributed by atoms with Gasteiger partial charge in [0, 0.05) is 32.1 Å². The Morgan fingerprint density at radius 1 is 1.07 bits per heavy atom. The van der Waals surface area contributed by atoms with E-state index in [2.05, 4.69) is 0 Å². The van der Waals surface area contributed by atoms with E-state index in [1.165, 1.54) is 0 Å². The lowest BCUT2D eigenvalue weighted by Gasteiger charge is -2.26. The summed E-state index contributed by atoms with van der Waals surface area (Å²) in [6, 6.07) is 15.3. The third-order valence-corrected chi connectivity index (χ3v) is 5.35. The highest BCUT2D eigenvalue weighted by Gasteiger charge is 2.21. The van der Waals surface area contributed by atoms with Crippen molar-refractivity contribution in [1.29, 1.82) is 0 Å². The number of amides is 1. The molecule has 1 aromatic heterocycles. The van der Waals surface area contributed by atoms with Gasteiger partial charge in [0.2, 0.25) is 5.91 Å². The van der Waals surface area contributed by atoms with Crippen LogP contribution in [-0.2, 0) is 17.9 Å². The van der Waals surface area contributed by atoms with Gasteiger partial charge in [-0.15, -0.1) is 0 Å². The molecule has 1 atom stereocenters. The van der Waals surface area contributed by atoms with Gasteiger partial charge < -0.3 is 9.64 Å². The highest BCUT2D eigenvalue weighted by Crippen LogP contribution is 2.28.